The number of hydrogen-bond donors (Lipinski definition) is 3. The number of phenols is 2. The van der Waals surface area contributed by atoms with Gasteiger partial charge in [0.25, 0.3) is 0 Å². The van der Waals surface area contributed by atoms with Gasteiger partial charge in [0.1, 0.15) is 11.5 Å². The Bertz CT molecular complexity index is 409. The lowest BCUT2D eigenvalue weighted by Gasteiger charge is -2.35. The van der Waals surface area contributed by atoms with Gasteiger partial charge in [-0.3, -0.25) is 4.90 Å². The number of benzene rings is 1. The van der Waals surface area contributed by atoms with Crippen LogP contribution in [-0.4, -0.2) is 47.7 Å². The summed E-state index contributed by atoms with van der Waals surface area (Å²) < 4.78 is 25.5. The molecular weight excluding hydrogens is 290 g/mol. The molecule has 2 rings (SSSR count). The average molecular weight is 309 g/mol. The van der Waals surface area contributed by atoms with Crippen molar-refractivity contribution in [2.75, 3.05) is 26.2 Å². The van der Waals surface area contributed by atoms with Gasteiger partial charge >= 0.3 is 0 Å². The van der Waals surface area contributed by atoms with Crippen molar-refractivity contribution in [1.29, 1.82) is 0 Å². The van der Waals surface area contributed by atoms with Gasteiger partial charge in [-0.25, -0.2) is 8.78 Å². The summed E-state index contributed by atoms with van der Waals surface area (Å²) >= 11 is 0. The molecule has 0 amide bonds. The lowest BCUT2D eigenvalue weighted by molar-refractivity contribution is 0.0737. The summed E-state index contributed by atoms with van der Waals surface area (Å²) in [5.41, 5.74) is 0.528. The third kappa shape index (κ3) is 4.47. The molecule has 0 bridgehead atoms. The van der Waals surface area contributed by atoms with Gasteiger partial charge < -0.3 is 15.5 Å². The number of aromatic hydroxyl groups is 2. The summed E-state index contributed by atoms with van der Waals surface area (Å²) in [6.45, 7) is 2.86. The highest BCUT2D eigenvalue weighted by molar-refractivity contribution is 5.85. The summed E-state index contributed by atoms with van der Waals surface area (Å²) in [6, 6.07) is 3.59. The summed E-state index contributed by atoms with van der Waals surface area (Å²) in [4.78, 5) is 1.96. The van der Waals surface area contributed by atoms with E-state index in [1.54, 1.807) is 0 Å². The van der Waals surface area contributed by atoms with Gasteiger partial charge in [-0.05, 0) is 17.7 Å². The van der Waals surface area contributed by atoms with E-state index < -0.39 is 12.5 Å². The van der Waals surface area contributed by atoms with E-state index in [1.807, 2.05) is 4.90 Å². The van der Waals surface area contributed by atoms with E-state index >= 15 is 0 Å². The first-order chi connectivity index (χ1) is 9.06. The summed E-state index contributed by atoms with van der Waals surface area (Å²) in [5.74, 6) is -0.214. The molecule has 1 aromatic rings. The molecule has 0 radical (unpaired) electrons. The number of hydrogen-bond acceptors (Lipinski definition) is 4. The van der Waals surface area contributed by atoms with E-state index in [1.165, 1.54) is 18.2 Å². The van der Waals surface area contributed by atoms with Crippen molar-refractivity contribution < 1.29 is 19.0 Å². The molecule has 1 fully saturated rings. The van der Waals surface area contributed by atoms with Crippen molar-refractivity contribution in [1.82, 2.24) is 10.2 Å². The maximum atomic E-state index is 12.8. The maximum Gasteiger partial charge on any atom is 0.240 e. The predicted octanol–water partition coefficient (Wildman–Crippen LogP) is 2.12. The van der Waals surface area contributed by atoms with Crippen LogP contribution in [0, 0.1) is 0 Å². The normalized spacial score (nSPS) is 17.8. The minimum atomic E-state index is -2.43. The molecule has 1 aliphatic rings. The molecule has 0 aromatic heterocycles. The molecule has 20 heavy (non-hydrogen) atoms. The van der Waals surface area contributed by atoms with Crippen LogP contribution in [0.15, 0.2) is 18.2 Å². The molecule has 1 aromatic carbocycles. The Morgan fingerprint density at radius 3 is 2.15 bits per heavy atom. The third-order valence-electron chi connectivity index (χ3n) is 3.30. The minimum Gasteiger partial charge on any atom is -0.508 e. The van der Waals surface area contributed by atoms with Crippen LogP contribution in [0.3, 0.4) is 0 Å². The third-order valence-corrected chi connectivity index (χ3v) is 3.30. The molecular formula is C13H19ClF2N2O2. The zero-order chi connectivity index (χ0) is 13.8. The van der Waals surface area contributed by atoms with Gasteiger partial charge in [-0.15, -0.1) is 12.4 Å². The number of halogens is 3. The van der Waals surface area contributed by atoms with Crippen LogP contribution in [0.1, 0.15) is 18.0 Å². The highest BCUT2D eigenvalue weighted by Crippen LogP contribution is 2.32. The first-order valence-electron chi connectivity index (χ1n) is 6.32. The summed E-state index contributed by atoms with van der Waals surface area (Å²) in [6.07, 6.45) is -2.73. The van der Waals surface area contributed by atoms with Crippen molar-refractivity contribution in [3.63, 3.8) is 0 Å². The lowest BCUT2D eigenvalue weighted by Crippen LogP contribution is -2.45. The second-order valence-electron chi connectivity index (χ2n) is 4.71. The largest absolute Gasteiger partial charge is 0.508 e. The van der Waals surface area contributed by atoms with Gasteiger partial charge in [0.15, 0.2) is 0 Å². The average Bonchev–Trinajstić information content (AvgIpc) is 2.35. The fourth-order valence-electron chi connectivity index (χ4n) is 2.47. The van der Waals surface area contributed by atoms with Crippen molar-refractivity contribution in [3.8, 4) is 11.5 Å². The fraction of sp³-hybridized carbons (Fsp3) is 0.538. The number of piperazine rings is 1. The smallest absolute Gasteiger partial charge is 0.240 e. The Kier molecular flexibility index (Phi) is 6.45. The summed E-state index contributed by atoms with van der Waals surface area (Å²) in [7, 11) is 0. The standard InChI is InChI=1S/C13H18F2N2O2.ClH/c14-13(15)8-12(17-3-1-16-2-4-17)9-5-10(18)7-11(19)6-9;/h5-7,12-13,16,18-19H,1-4,8H2;1H/t12-;/m1./s1. The lowest BCUT2D eigenvalue weighted by atomic mass is 10.0. The zero-order valence-corrected chi connectivity index (χ0v) is 11.7. The SMILES string of the molecule is Cl.Oc1cc(O)cc([C@@H](CC(F)F)N2CCNCC2)c1. The van der Waals surface area contributed by atoms with Crippen LogP contribution in [0.4, 0.5) is 8.78 Å². The van der Waals surface area contributed by atoms with Crippen LogP contribution in [0.5, 0.6) is 11.5 Å². The Labute approximate surface area is 122 Å². The van der Waals surface area contributed by atoms with Crippen molar-refractivity contribution in [2.24, 2.45) is 0 Å². The molecule has 3 N–H and O–H groups in total. The predicted molar refractivity (Wildman–Crippen MR) is 74.8 cm³/mol. The molecule has 0 unspecified atom stereocenters. The topological polar surface area (TPSA) is 55.7 Å². The van der Waals surface area contributed by atoms with Crippen molar-refractivity contribution in [3.05, 3.63) is 23.8 Å². The maximum absolute atomic E-state index is 12.8. The van der Waals surface area contributed by atoms with E-state index in [0.717, 1.165) is 13.1 Å². The first kappa shape index (κ1) is 16.9. The molecule has 0 aliphatic carbocycles. The second kappa shape index (κ2) is 7.61. The zero-order valence-electron chi connectivity index (χ0n) is 10.9. The van der Waals surface area contributed by atoms with E-state index in [0.29, 0.717) is 18.7 Å². The Morgan fingerprint density at radius 1 is 1.10 bits per heavy atom. The van der Waals surface area contributed by atoms with Crippen LogP contribution in [-0.2, 0) is 0 Å². The number of alkyl halides is 2. The number of rotatable bonds is 4. The summed E-state index contributed by atoms with van der Waals surface area (Å²) in [5, 5.41) is 22.2. The number of nitrogens with zero attached hydrogens (tertiary/aromatic N) is 1. The molecule has 0 spiro atoms. The molecule has 0 saturated carbocycles. The van der Waals surface area contributed by atoms with E-state index in [2.05, 4.69) is 5.32 Å². The second-order valence-corrected chi connectivity index (χ2v) is 4.71. The van der Waals surface area contributed by atoms with E-state index in [4.69, 9.17) is 0 Å². The number of phenolic OH excluding ortho intramolecular Hbond substituents is 2. The molecule has 1 heterocycles. The van der Waals surface area contributed by atoms with Crippen LogP contribution < -0.4 is 5.32 Å². The van der Waals surface area contributed by atoms with Crippen LogP contribution in [0.25, 0.3) is 0 Å². The van der Waals surface area contributed by atoms with Gasteiger partial charge in [-0.2, -0.15) is 0 Å². The monoisotopic (exact) mass is 308 g/mol. The van der Waals surface area contributed by atoms with Crippen molar-refractivity contribution >= 4 is 12.4 Å². The highest BCUT2D eigenvalue weighted by Gasteiger charge is 2.26. The molecule has 1 atom stereocenters. The van der Waals surface area contributed by atoms with Gasteiger partial charge in [0.2, 0.25) is 6.43 Å². The van der Waals surface area contributed by atoms with E-state index in [9.17, 15) is 19.0 Å². The molecule has 7 heteroatoms. The van der Waals surface area contributed by atoms with E-state index in [-0.39, 0.29) is 30.3 Å². The first-order valence-corrected chi connectivity index (χ1v) is 6.32. The Morgan fingerprint density at radius 2 is 1.65 bits per heavy atom. The fourth-order valence-corrected chi connectivity index (χ4v) is 2.47. The van der Waals surface area contributed by atoms with Gasteiger partial charge in [0.05, 0.1) is 0 Å². The minimum absolute atomic E-state index is 0. The van der Waals surface area contributed by atoms with Crippen molar-refractivity contribution in [2.45, 2.75) is 18.9 Å². The van der Waals surface area contributed by atoms with Gasteiger partial charge in [0, 0.05) is 44.7 Å². The Hall–Kier alpha value is -1.11. The molecule has 1 saturated heterocycles. The van der Waals surface area contributed by atoms with Crippen LogP contribution in [0.2, 0.25) is 0 Å². The number of nitrogens with one attached hydrogen (secondary N) is 1. The Balaban J connectivity index is 0.00000200. The molecule has 114 valence electrons. The molecule has 4 nitrogen and oxygen atoms in total. The van der Waals surface area contributed by atoms with Gasteiger partial charge in [-0.1, -0.05) is 0 Å². The molecule has 1 aliphatic heterocycles. The highest BCUT2D eigenvalue weighted by atomic mass is 35.5. The quantitative estimate of drug-likeness (QED) is 0.797. The van der Waals surface area contributed by atoms with Crippen LogP contribution >= 0.6 is 12.4 Å².